The molecule has 3 aromatic rings. The fraction of sp³-hybridized carbons (Fsp3) is 0.158. The Morgan fingerprint density at radius 3 is 2.71 bits per heavy atom. The zero-order valence-electron chi connectivity index (χ0n) is 14.8. The van der Waals surface area contributed by atoms with Crippen molar-refractivity contribution in [3.8, 4) is 0 Å². The van der Waals surface area contributed by atoms with E-state index in [0.29, 0.717) is 27.4 Å². The fourth-order valence-corrected chi connectivity index (χ4v) is 3.30. The summed E-state index contributed by atoms with van der Waals surface area (Å²) >= 11 is 12.3. The standard InChI is InChI=1S/C19H16Cl2N4O3/c1-25(10-11-3-2-4-22-8-11)16(26)9-23-18-17-12(5-13(20)7-14(17)21)6-15(24-18)19(27)28/h2-8H,9-10H2,1H3,(H,23,24)(H,27,28). The van der Waals surface area contributed by atoms with Crippen LogP contribution in [0.5, 0.6) is 0 Å². The lowest BCUT2D eigenvalue weighted by molar-refractivity contribution is -0.128. The number of aromatic nitrogens is 2. The molecule has 0 fully saturated rings. The Kier molecular flexibility index (Phi) is 5.96. The third-order valence-corrected chi connectivity index (χ3v) is 4.56. The molecule has 9 heteroatoms. The van der Waals surface area contributed by atoms with Crippen molar-refractivity contribution in [1.29, 1.82) is 0 Å². The monoisotopic (exact) mass is 418 g/mol. The SMILES string of the molecule is CN(Cc1cccnc1)C(=O)CNc1nc(C(=O)O)cc2cc(Cl)cc(Cl)c12. The molecule has 1 amide bonds. The molecule has 7 nitrogen and oxygen atoms in total. The van der Waals surface area contributed by atoms with E-state index >= 15 is 0 Å². The van der Waals surface area contributed by atoms with Gasteiger partial charge in [-0.2, -0.15) is 0 Å². The number of nitrogens with zero attached hydrogens (tertiary/aromatic N) is 3. The number of aromatic carboxylic acids is 1. The summed E-state index contributed by atoms with van der Waals surface area (Å²) < 4.78 is 0. The highest BCUT2D eigenvalue weighted by molar-refractivity contribution is 6.39. The number of hydrogen-bond donors (Lipinski definition) is 2. The van der Waals surface area contributed by atoms with E-state index in [4.69, 9.17) is 23.2 Å². The van der Waals surface area contributed by atoms with E-state index in [9.17, 15) is 14.7 Å². The number of carbonyl (C=O) groups is 2. The highest BCUT2D eigenvalue weighted by Gasteiger charge is 2.16. The van der Waals surface area contributed by atoms with Gasteiger partial charge in [-0.05, 0) is 35.2 Å². The van der Waals surface area contributed by atoms with Gasteiger partial charge < -0.3 is 15.3 Å². The number of fused-ring (bicyclic) bond motifs is 1. The molecular weight excluding hydrogens is 403 g/mol. The summed E-state index contributed by atoms with van der Waals surface area (Å²) in [5.41, 5.74) is 0.719. The van der Waals surface area contributed by atoms with Crippen molar-refractivity contribution in [3.63, 3.8) is 0 Å². The quantitative estimate of drug-likeness (QED) is 0.633. The van der Waals surface area contributed by atoms with Gasteiger partial charge in [-0.3, -0.25) is 9.78 Å². The third kappa shape index (κ3) is 4.49. The lowest BCUT2D eigenvalue weighted by atomic mass is 10.1. The zero-order valence-corrected chi connectivity index (χ0v) is 16.3. The second kappa shape index (κ2) is 8.41. The number of anilines is 1. The van der Waals surface area contributed by atoms with Gasteiger partial charge in [0.1, 0.15) is 5.82 Å². The molecule has 28 heavy (non-hydrogen) atoms. The van der Waals surface area contributed by atoms with Crippen LogP contribution in [-0.4, -0.2) is 45.4 Å². The Bertz CT molecular complexity index is 1040. The molecule has 3 rings (SSSR count). The number of hydrogen-bond acceptors (Lipinski definition) is 5. The molecule has 0 atom stereocenters. The van der Waals surface area contributed by atoms with Crippen LogP contribution in [0.1, 0.15) is 16.1 Å². The second-order valence-corrected chi connectivity index (χ2v) is 6.96. The topological polar surface area (TPSA) is 95.4 Å². The molecule has 0 bridgehead atoms. The van der Waals surface area contributed by atoms with Crippen molar-refractivity contribution in [1.82, 2.24) is 14.9 Å². The molecular formula is C19H16Cl2N4O3. The number of rotatable bonds is 6. The maximum atomic E-state index is 12.5. The van der Waals surface area contributed by atoms with Crippen LogP contribution in [0, 0.1) is 0 Å². The van der Waals surface area contributed by atoms with Gasteiger partial charge in [0.2, 0.25) is 5.91 Å². The number of nitrogens with one attached hydrogen (secondary N) is 1. The molecule has 0 aliphatic carbocycles. The summed E-state index contributed by atoms with van der Waals surface area (Å²) in [7, 11) is 1.67. The molecule has 0 radical (unpaired) electrons. The van der Waals surface area contributed by atoms with Crippen LogP contribution in [0.2, 0.25) is 10.0 Å². The van der Waals surface area contributed by atoms with Crippen molar-refractivity contribution in [2.45, 2.75) is 6.54 Å². The number of likely N-dealkylation sites (N-methyl/N-ethyl adjacent to an activating group) is 1. The number of carbonyl (C=O) groups excluding carboxylic acids is 1. The van der Waals surface area contributed by atoms with Crippen molar-refractivity contribution < 1.29 is 14.7 Å². The maximum absolute atomic E-state index is 12.5. The number of halogens is 2. The third-order valence-electron chi connectivity index (χ3n) is 4.04. The first kappa shape index (κ1) is 19.9. The first-order chi connectivity index (χ1) is 13.3. The Balaban J connectivity index is 1.83. The number of benzene rings is 1. The van der Waals surface area contributed by atoms with Gasteiger partial charge in [-0.25, -0.2) is 9.78 Å². The first-order valence-corrected chi connectivity index (χ1v) is 9.00. The summed E-state index contributed by atoms with van der Waals surface area (Å²) in [5, 5.41) is 13.9. The van der Waals surface area contributed by atoms with E-state index in [1.807, 2.05) is 6.07 Å². The van der Waals surface area contributed by atoms with Crippen LogP contribution in [0.15, 0.2) is 42.7 Å². The molecule has 0 aliphatic rings. The van der Waals surface area contributed by atoms with Crippen LogP contribution in [0.4, 0.5) is 5.82 Å². The van der Waals surface area contributed by atoms with Crippen molar-refractivity contribution in [2.24, 2.45) is 0 Å². The van der Waals surface area contributed by atoms with E-state index in [0.717, 1.165) is 5.56 Å². The molecule has 2 heterocycles. The van der Waals surface area contributed by atoms with Gasteiger partial charge in [0.25, 0.3) is 0 Å². The van der Waals surface area contributed by atoms with Crippen LogP contribution < -0.4 is 5.32 Å². The van der Waals surface area contributed by atoms with Crippen LogP contribution in [0.3, 0.4) is 0 Å². The molecule has 0 unspecified atom stereocenters. The molecule has 0 aliphatic heterocycles. The van der Waals surface area contributed by atoms with E-state index in [2.05, 4.69) is 15.3 Å². The highest BCUT2D eigenvalue weighted by atomic mass is 35.5. The summed E-state index contributed by atoms with van der Waals surface area (Å²) in [4.78, 5) is 33.5. The van der Waals surface area contributed by atoms with Crippen LogP contribution in [-0.2, 0) is 11.3 Å². The normalized spacial score (nSPS) is 10.7. The van der Waals surface area contributed by atoms with E-state index < -0.39 is 5.97 Å². The predicted octanol–water partition coefficient (Wildman–Crippen LogP) is 3.71. The van der Waals surface area contributed by atoms with E-state index in [1.54, 1.807) is 31.6 Å². The number of carboxylic acids is 1. The van der Waals surface area contributed by atoms with Gasteiger partial charge in [-0.15, -0.1) is 0 Å². The maximum Gasteiger partial charge on any atom is 0.354 e. The minimum atomic E-state index is -1.19. The summed E-state index contributed by atoms with van der Waals surface area (Å²) in [5.74, 6) is -1.19. The summed E-state index contributed by atoms with van der Waals surface area (Å²) in [6.45, 7) is 0.314. The average Bonchev–Trinajstić information content (AvgIpc) is 2.65. The molecule has 1 aromatic carbocycles. The highest BCUT2D eigenvalue weighted by Crippen LogP contribution is 2.33. The van der Waals surface area contributed by atoms with Crippen LogP contribution >= 0.6 is 23.2 Å². The van der Waals surface area contributed by atoms with Gasteiger partial charge in [0.15, 0.2) is 5.69 Å². The second-order valence-electron chi connectivity index (χ2n) is 6.11. The van der Waals surface area contributed by atoms with Crippen molar-refractivity contribution in [2.75, 3.05) is 18.9 Å². The Morgan fingerprint density at radius 2 is 2.04 bits per heavy atom. The predicted molar refractivity (Wildman–Crippen MR) is 108 cm³/mol. The number of amides is 1. The Morgan fingerprint density at radius 1 is 1.25 bits per heavy atom. The van der Waals surface area contributed by atoms with E-state index in [-0.39, 0.29) is 24.0 Å². The number of carboxylic acid groups (broad SMARTS) is 1. The van der Waals surface area contributed by atoms with Gasteiger partial charge in [-0.1, -0.05) is 29.3 Å². The lowest BCUT2D eigenvalue weighted by Gasteiger charge is -2.18. The lowest BCUT2D eigenvalue weighted by Crippen LogP contribution is -2.32. The fourth-order valence-electron chi connectivity index (χ4n) is 2.70. The molecule has 0 saturated carbocycles. The average molecular weight is 419 g/mol. The number of pyridine rings is 2. The molecule has 2 N–H and O–H groups in total. The molecule has 2 aromatic heterocycles. The summed E-state index contributed by atoms with van der Waals surface area (Å²) in [6.07, 6.45) is 3.35. The van der Waals surface area contributed by atoms with Gasteiger partial charge in [0, 0.05) is 36.4 Å². The van der Waals surface area contributed by atoms with Crippen molar-refractivity contribution >= 4 is 51.7 Å². The minimum Gasteiger partial charge on any atom is -0.477 e. The first-order valence-electron chi connectivity index (χ1n) is 8.25. The molecule has 0 saturated heterocycles. The van der Waals surface area contributed by atoms with Gasteiger partial charge >= 0.3 is 5.97 Å². The smallest absolute Gasteiger partial charge is 0.354 e. The summed E-state index contributed by atoms with van der Waals surface area (Å²) in [6, 6.07) is 8.19. The zero-order chi connectivity index (χ0) is 20.3. The Hall–Kier alpha value is -2.90. The van der Waals surface area contributed by atoms with Crippen LogP contribution in [0.25, 0.3) is 10.8 Å². The molecule has 144 valence electrons. The van der Waals surface area contributed by atoms with Gasteiger partial charge in [0.05, 0.1) is 11.6 Å². The van der Waals surface area contributed by atoms with Crippen molar-refractivity contribution in [3.05, 3.63) is 64.0 Å². The molecule has 0 spiro atoms. The minimum absolute atomic E-state index is 0.0825. The van der Waals surface area contributed by atoms with E-state index in [1.165, 1.54) is 17.0 Å². The Labute approximate surface area is 170 Å². The largest absolute Gasteiger partial charge is 0.477 e.